The van der Waals surface area contributed by atoms with Crippen molar-refractivity contribution in [3.63, 3.8) is 0 Å². The predicted molar refractivity (Wildman–Crippen MR) is 86.1 cm³/mol. The molecule has 2 atom stereocenters. The molecule has 3 rings (SSSR count). The molecule has 1 aliphatic carbocycles. The zero-order valence-corrected chi connectivity index (χ0v) is 13.2. The summed E-state index contributed by atoms with van der Waals surface area (Å²) >= 11 is 0. The third kappa shape index (κ3) is 4.06. The molecule has 2 aliphatic rings. The standard InChI is InChI=1S/C18H27FN2O/c19-15-7-5-14(6-8-15)13-20-16-9-11-21(12-10-16)17-3-1-2-4-18(17)22/h5-8,16-18,20,22H,1-4,9-13H2. The number of benzene rings is 1. The van der Waals surface area contributed by atoms with Gasteiger partial charge in [-0.1, -0.05) is 25.0 Å². The van der Waals surface area contributed by atoms with Crippen molar-refractivity contribution in [1.29, 1.82) is 0 Å². The van der Waals surface area contributed by atoms with Crippen molar-refractivity contribution < 1.29 is 9.50 Å². The first kappa shape index (κ1) is 15.9. The van der Waals surface area contributed by atoms with E-state index < -0.39 is 0 Å². The topological polar surface area (TPSA) is 35.5 Å². The molecule has 1 aromatic rings. The van der Waals surface area contributed by atoms with Gasteiger partial charge in [0.2, 0.25) is 0 Å². The second-order valence-electron chi connectivity index (χ2n) is 6.74. The minimum absolute atomic E-state index is 0.127. The Bertz CT molecular complexity index is 457. The summed E-state index contributed by atoms with van der Waals surface area (Å²) in [5.74, 6) is -0.178. The van der Waals surface area contributed by atoms with Crippen molar-refractivity contribution >= 4 is 0 Å². The molecule has 2 fully saturated rings. The Morgan fingerprint density at radius 2 is 1.73 bits per heavy atom. The lowest BCUT2D eigenvalue weighted by Gasteiger charge is -2.41. The van der Waals surface area contributed by atoms with E-state index in [0.29, 0.717) is 12.1 Å². The van der Waals surface area contributed by atoms with E-state index >= 15 is 0 Å². The average Bonchev–Trinajstić information content (AvgIpc) is 2.55. The Morgan fingerprint density at radius 1 is 1.05 bits per heavy atom. The van der Waals surface area contributed by atoms with Crippen molar-refractivity contribution in [2.75, 3.05) is 13.1 Å². The summed E-state index contributed by atoms with van der Waals surface area (Å²) in [4.78, 5) is 2.49. The Morgan fingerprint density at radius 3 is 2.41 bits per heavy atom. The van der Waals surface area contributed by atoms with Gasteiger partial charge < -0.3 is 10.4 Å². The van der Waals surface area contributed by atoms with Crippen LogP contribution in [-0.4, -0.2) is 41.3 Å². The van der Waals surface area contributed by atoms with Gasteiger partial charge in [0.15, 0.2) is 0 Å². The van der Waals surface area contributed by atoms with E-state index in [1.807, 2.05) is 12.1 Å². The Hall–Kier alpha value is -0.970. The predicted octanol–water partition coefficient (Wildman–Crippen LogP) is 2.68. The summed E-state index contributed by atoms with van der Waals surface area (Å²) in [6, 6.07) is 7.63. The molecule has 1 heterocycles. The largest absolute Gasteiger partial charge is 0.391 e. The molecule has 3 nitrogen and oxygen atoms in total. The fraction of sp³-hybridized carbons (Fsp3) is 0.667. The highest BCUT2D eigenvalue weighted by molar-refractivity contribution is 5.15. The van der Waals surface area contributed by atoms with Gasteiger partial charge >= 0.3 is 0 Å². The maximum Gasteiger partial charge on any atom is 0.123 e. The molecule has 2 unspecified atom stereocenters. The first-order valence-electron chi connectivity index (χ1n) is 8.62. The molecule has 122 valence electrons. The van der Waals surface area contributed by atoms with Gasteiger partial charge in [-0.25, -0.2) is 4.39 Å². The second kappa shape index (κ2) is 7.53. The smallest absolute Gasteiger partial charge is 0.123 e. The summed E-state index contributed by atoms with van der Waals surface area (Å²) in [5, 5.41) is 13.8. The van der Waals surface area contributed by atoms with Crippen molar-refractivity contribution in [3.05, 3.63) is 35.6 Å². The van der Waals surface area contributed by atoms with Gasteiger partial charge in [0.25, 0.3) is 0 Å². The van der Waals surface area contributed by atoms with Gasteiger partial charge in [-0.3, -0.25) is 4.90 Å². The minimum atomic E-state index is -0.178. The van der Waals surface area contributed by atoms with Crippen molar-refractivity contribution in [2.24, 2.45) is 0 Å². The number of halogens is 1. The van der Waals surface area contributed by atoms with Crippen molar-refractivity contribution in [3.8, 4) is 0 Å². The maximum atomic E-state index is 12.9. The second-order valence-corrected chi connectivity index (χ2v) is 6.74. The molecular formula is C18H27FN2O. The summed E-state index contributed by atoms with van der Waals surface area (Å²) in [6.07, 6.45) is 6.67. The molecule has 1 aliphatic heterocycles. The van der Waals surface area contributed by atoms with E-state index in [1.165, 1.54) is 25.0 Å². The van der Waals surface area contributed by atoms with E-state index in [2.05, 4.69) is 10.2 Å². The van der Waals surface area contributed by atoms with E-state index in [9.17, 15) is 9.50 Å². The van der Waals surface area contributed by atoms with Crippen LogP contribution >= 0.6 is 0 Å². The van der Waals surface area contributed by atoms with Crippen molar-refractivity contribution in [2.45, 2.75) is 63.3 Å². The SMILES string of the molecule is OC1CCCCC1N1CCC(NCc2ccc(F)cc2)CC1. The number of piperidine rings is 1. The first-order valence-corrected chi connectivity index (χ1v) is 8.62. The molecule has 1 saturated carbocycles. The minimum Gasteiger partial charge on any atom is -0.391 e. The van der Waals surface area contributed by atoms with Crippen LogP contribution in [-0.2, 0) is 6.54 Å². The Kier molecular flexibility index (Phi) is 5.45. The van der Waals surface area contributed by atoms with Crippen LogP contribution < -0.4 is 5.32 Å². The molecule has 0 bridgehead atoms. The van der Waals surface area contributed by atoms with Gasteiger partial charge in [-0.05, 0) is 43.4 Å². The molecular weight excluding hydrogens is 279 g/mol. The molecule has 1 aromatic carbocycles. The third-order valence-corrected chi connectivity index (χ3v) is 5.20. The number of hydrogen-bond donors (Lipinski definition) is 2. The van der Waals surface area contributed by atoms with Crippen LogP contribution in [0.15, 0.2) is 24.3 Å². The van der Waals surface area contributed by atoms with Gasteiger partial charge in [0, 0.05) is 31.7 Å². The lowest BCUT2D eigenvalue weighted by molar-refractivity contribution is 0.00714. The normalized spacial score (nSPS) is 27.9. The number of aliphatic hydroxyl groups is 1. The van der Waals surface area contributed by atoms with Gasteiger partial charge in [0.05, 0.1) is 6.10 Å². The van der Waals surface area contributed by atoms with Crippen LogP contribution in [0, 0.1) is 5.82 Å². The van der Waals surface area contributed by atoms with Crippen LogP contribution in [0.3, 0.4) is 0 Å². The fourth-order valence-corrected chi connectivity index (χ4v) is 3.82. The summed E-state index contributed by atoms with van der Waals surface area (Å²) in [7, 11) is 0. The average molecular weight is 306 g/mol. The molecule has 0 spiro atoms. The summed E-state index contributed by atoms with van der Waals surface area (Å²) in [5.41, 5.74) is 1.13. The molecule has 0 radical (unpaired) electrons. The molecule has 2 N–H and O–H groups in total. The van der Waals surface area contributed by atoms with Crippen LogP contribution in [0.4, 0.5) is 4.39 Å². The van der Waals surface area contributed by atoms with Crippen LogP contribution in [0.2, 0.25) is 0 Å². The molecule has 0 amide bonds. The molecule has 22 heavy (non-hydrogen) atoms. The number of hydrogen-bond acceptors (Lipinski definition) is 3. The molecule has 4 heteroatoms. The summed E-state index contributed by atoms with van der Waals surface area (Å²) in [6.45, 7) is 2.95. The van der Waals surface area contributed by atoms with E-state index in [1.54, 1.807) is 0 Å². The first-order chi connectivity index (χ1) is 10.7. The number of rotatable bonds is 4. The highest BCUT2D eigenvalue weighted by Crippen LogP contribution is 2.25. The monoisotopic (exact) mass is 306 g/mol. The fourth-order valence-electron chi connectivity index (χ4n) is 3.82. The lowest BCUT2D eigenvalue weighted by atomic mass is 9.89. The third-order valence-electron chi connectivity index (χ3n) is 5.20. The van der Waals surface area contributed by atoms with E-state index in [-0.39, 0.29) is 11.9 Å². The molecule has 1 saturated heterocycles. The number of nitrogens with one attached hydrogen (secondary N) is 1. The highest BCUT2D eigenvalue weighted by atomic mass is 19.1. The van der Waals surface area contributed by atoms with E-state index in [0.717, 1.165) is 50.9 Å². The Balaban J connectivity index is 1.42. The zero-order valence-electron chi connectivity index (χ0n) is 13.2. The van der Waals surface area contributed by atoms with Crippen LogP contribution in [0.5, 0.6) is 0 Å². The highest BCUT2D eigenvalue weighted by Gasteiger charge is 2.31. The Labute approximate surface area is 132 Å². The van der Waals surface area contributed by atoms with E-state index in [4.69, 9.17) is 0 Å². The van der Waals surface area contributed by atoms with Gasteiger partial charge in [-0.15, -0.1) is 0 Å². The van der Waals surface area contributed by atoms with Crippen LogP contribution in [0.25, 0.3) is 0 Å². The quantitative estimate of drug-likeness (QED) is 0.898. The number of aliphatic hydroxyl groups excluding tert-OH is 1. The number of likely N-dealkylation sites (tertiary alicyclic amines) is 1. The number of nitrogens with zero attached hydrogens (tertiary/aromatic N) is 1. The maximum absolute atomic E-state index is 12.9. The van der Waals surface area contributed by atoms with Gasteiger partial charge in [0.1, 0.15) is 5.82 Å². The lowest BCUT2D eigenvalue weighted by Crippen LogP contribution is -2.51. The summed E-state index contributed by atoms with van der Waals surface area (Å²) < 4.78 is 12.9. The van der Waals surface area contributed by atoms with Gasteiger partial charge in [-0.2, -0.15) is 0 Å². The molecule has 0 aromatic heterocycles. The van der Waals surface area contributed by atoms with Crippen molar-refractivity contribution in [1.82, 2.24) is 10.2 Å². The zero-order chi connectivity index (χ0) is 15.4. The van der Waals surface area contributed by atoms with Crippen LogP contribution in [0.1, 0.15) is 44.1 Å².